The van der Waals surface area contributed by atoms with Crippen molar-refractivity contribution in [2.75, 3.05) is 0 Å². The zero-order chi connectivity index (χ0) is 7.52. The second-order valence-corrected chi connectivity index (χ2v) is 6.23. The fraction of sp³-hybridized carbons (Fsp3) is 1.00. The molecule has 2 aliphatic rings. The lowest BCUT2D eigenvalue weighted by molar-refractivity contribution is 0.577. The van der Waals surface area contributed by atoms with Crippen LogP contribution in [0.5, 0.6) is 0 Å². The van der Waals surface area contributed by atoms with E-state index in [1.54, 1.807) is 0 Å². The van der Waals surface area contributed by atoms with Gasteiger partial charge in [0.15, 0.2) is 9.84 Å². The lowest BCUT2D eigenvalue weighted by atomic mass is 10.2. The molecule has 58 valence electrons. The number of fused-ring (bicyclic) bond motifs is 1. The summed E-state index contributed by atoms with van der Waals surface area (Å²) in [6.07, 6.45) is 1.15. The van der Waals surface area contributed by atoms with E-state index >= 15 is 0 Å². The second kappa shape index (κ2) is 1.58. The Kier molecular flexibility index (Phi) is 1.05. The minimum Gasteiger partial charge on any atom is -0.228 e. The summed E-state index contributed by atoms with van der Waals surface area (Å²) < 4.78 is 22.7. The van der Waals surface area contributed by atoms with E-state index in [0.717, 1.165) is 6.42 Å². The summed E-state index contributed by atoms with van der Waals surface area (Å²) in [4.78, 5) is 0. The molecule has 2 rings (SSSR count). The van der Waals surface area contributed by atoms with E-state index in [0.29, 0.717) is 11.8 Å². The minimum absolute atomic E-state index is 0.0486. The quantitative estimate of drug-likeness (QED) is 0.526. The van der Waals surface area contributed by atoms with Crippen LogP contribution < -0.4 is 0 Å². The molecule has 2 fully saturated rings. The average Bonchev–Trinajstić information content (AvgIpc) is 2.58. The van der Waals surface area contributed by atoms with Gasteiger partial charge in [0.25, 0.3) is 0 Å². The first-order chi connectivity index (χ1) is 4.55. The molecule has 1 heterocycles. The SMILES string of the molecule is C[C@H]1[C@@H]2C[C@@H]2[C@H](C)S1(=O)=O. The molecule has 0 aromatic rings. The van der Waals surface area contributed by atoms with E-state index in [9.17, 15) is 8.42 Å². The summed E-state index contributed by atoms with van der Waals surface area (Å²) in [7, 11) is -2.70. The fourth-order valence-corrected chi connectivity index (χ4v) is 4.42. The lowest BCUT2D eigenvalue weighted by Gasteiger charge is -2.08. The first kappa shape index (κ1) is 6.65. The van der Waals surface area contributed by atoms with E-state index < -0.39 is 9.84 Å². The Labute approximate surface area is 61.5 Å². The van der Waals surface area contributed by atoms with Gasteiger partial charge in [0.1, 0.15) is 0 Å². The highest BCUT2D eigenvalue weighted by molar-refractivity contribution is 7.93. The molecule has 1 aliphatic heterocycles. The summed E-state index contributed by atoms with van der Waals surface area (Å²) in [5, 5.41) is -0.0972. The highest BCUT2D eigenvalue weighted by Gasteiger charge is 2.59. The van der Waals surface area contributed by atoms with Crippen LogP contribution in [0.1, 0.15) is 20.3 Å². The molecule has 1 saturated heterocycles. The van der Waals surface area contributed by atoms with Gasteiger partial charge in [0, 0.05) is 0 Å². The topological polar surface area (TPSA) is 34.1 Å². The molecule has 0 aromatic heterocycles. The van der Waals surface area contributed by atoms with Crippen molar-refractivity contribution in [2.24, 2.45) is 11.8 Å². The van der Waals surface area contributed by atoms with Crippen molar-refractivity contribution in [1.82, 2.24) is 0 Å². The van der Waals surface area contributed by atoms with Gasteiger partial charge in [-0.1, -0.05) is 0 Å². The predicted octanol–water partition coefficient (Wildman–Crippen LogP) is 0.828. The van der Waals surface area contributed by atoms with Crippen LogP contribution in [-0.4, -0.2) is 18.9 Å². The minimum atomic E-state index is -2.70. The van der Waals surface area contributed by atoms with Gasteiger partial charge in [-0.15, -0.1) is 0 Å². The molecular formula is C7H12O2S. The standard InChI is InChI=1S/C7H12O2S/c1-4-6-3-7(6)5(2)10(4,8)9/h4-7H,3H2,1-2H3/t4-,5-,6-,7+/m0/s1. The molecule has 0 radical (unpaired) electrons. The van der Waals surface area contributed by atoms with Crippen molar-refractivity contribution < 1.29 is 8.42 Å². The van der Waals surface area contributed by atoms with Crippen molar-refractivity contribution in [3.8, 4) is 0 Å². The molecule has 0 bridgehead atoms. The van der Waals surface area contributed by atoms with Gasteiger partial charge in [-0.25, -0.2) is 8.42 Å². The van der Waals surface area contributed by atoms with Gasteiger partial charge in [-0.05, 0) is 32.1 Å². The van der Waals surface area contributed by atoms with Crippen molar-refractivity contribution >= 4 is 9.84 Å². The third-order valence-electron chi connectivity index (χ3n) is 3.13. The van der Waals surface area contributed by atoms with Gasteiger partial charge < -0.3 is 0 Å². The zero-order valence-corrected chi connectivity index (χ0v) is 7.06. The van der Waals surface area contributed by atoms with Gasteiger partial charge in [0.05, 0.1) is 10.5 Å². The fourth-order valence-electron chi connectivity index (χ4n) is 2.14. The number of rotatable bonds is 0. The normalized spacial score (nSPS) is 56.2. The van der Waals surface area contributed by atoms with Gasteiger partial charge in [0.2, 0.25) is 0 Å². The largest absolute Gasteiger partial charge is 0.228 e. The Morgan fingerprint density at radius 1 is 1.10 bits per heavy atom. The van der Waals surface area contributed by atoms with Crippen LogP contribution in [0.3, 0.4) is 0 Å². The monoisotopic (exact) mass is 160 g/mol. The average molecular weight is 160 g/mol. The third-order valence-corrected chi connectivity index (χ3v) is 5.91. The van der Waals surface area contributed by atoms with Crippen molar-refractivity contribution in [1.29, 1.82) is 0 Å². The first-order valence-electron chi connectivity index (χ1n) is 3.78. The summed E-state index contributed by atoms with van der Waals surface area (Å²) in [5.41, 5.74) is 0. The van der Waals surface area contributed by atoms with E-state index in [1.807, 2.05) is 13.8 Å². The summed E-state index contributed by atoms with van der Waals surface area (Å²) >= 11 is 0. The number of sulfone groups is 1. The van der Waals surface area contributed by atoms with Gasteiger partial charge in [-0.2, -0.15) is 0 Å². The second-order valence-electron chi connectivity index (χ2n) is 3.56. The van der Waals surface area contributed by atoms with Crippen LogP contribution in [0.15, 0.2) is 0 Å². The number of hydrogen-bond donors (Lipinski definition) is 0. The Hall–Kier alpha value is -0.0500. The van der Waals surface area contributed by atoms with Crippen molar-refractivity contribution in [3.63, 3.8) is 0 Å². The number of hydrogen-bond acceptors (Lipinski definition) is 2. The van der Waals surface area contributed by atoms with Crippen molar-refractivity contribution in [2.45, 2.75) is 30.8 Å². The van der Waals surface area contributed by atoms with E-state index in [-0.39, 0.29) is 10.5 Å². The van der Waals surface area contributed by atoms with Crippen LogP contribution >= 0.6 is 0 Å². The van der Waals surface area contributed by atoms with Crippen LogP contribution in [0, 0.1) is 11.8 Å². The van der Waals surface area contributed by atoms with Crippen LogP contribution in [0.4, 0.5) is 0 Å². The first-order valence-corrected chi connectivity index (χ1v) is 5.39. The third kappa shape index (κ3) is 0.570. The molecule has 0 unspecified atom stereocenters. The highest BCUT2D eigenvalue weighted by atomic mass is 32.2. The molecule has 0 aromatic carbocycles. The summed E-state index contributed by atoms with van der Waals surface area (Å²) in [5.74, 6) is 1.03. The Morgan fingerprint density at radius 2 is 1.50 bits per heavy atom. The van der Waals surface area contributed by atoms with Crippen LogP contribution in [-0.2, 0) is 9.84 Å². The Morgan fingerprint density at radius 3 is 1.70 bits per heavy atom. The molecule has 2 nitrogen and oxygen atoms in total. The molecule has 4 atom stereocenters. The smallest absolute Gasteiger partial charge is 0.156 e. The molecule has 3 heteroatoms. The molecule has 10 heavy (non-hydrogen) atoms. The summed E-state index contributed by atoms with van der Waals surface area (Å²) in [6, 6.07) is 0. The lowest BCUT2D eigenvalue weighted by Crippen LogP contribution is -2.23. The molecule has 1 aliphatic carbocycles. The molecule has 1 saturated carbocycles. The van der Waals surface area contributed by atoms with E-state index in [4.69, 9.17) is 0 Å². The van der Waals surface area contributed by atoms with Crippen LogP contribution in [0.25, 0.3) is 0 Å². The highest BCUT2D eigenvalue weighted by Crippen LogP contribution is 2.54. The van der Waals surface area contributed by atoms with Crippen molar-refractivity contribution in [3.05, 3.63) is 0 Å². The summed E-state index contributed by atoms with van der Waals surface area (Å²) in [6.45, 7) is 3.70. The van der Waals surface area contributed by atoms with E-state index in [2.05, 4.69) is 0 Å². The van der Waals surface area contributed by atoms with Gasteiger partial charge in [-0.3, -0.25) is 0 Å². The molecule has 0 amide bonds. The predicted molar refractivity (Wildman–Crippen MR) is 39.4 cm³/mol. The maximum atomic E-state index is 11.3. The molecular weight excluding hydrogens is 148 g/mol. The maximum absolute atomic E-state index is 11.3. The molecule has 0 spiro atoms. The maximum Gasteiger partial charge on any atom is 0.156 e. The Bertz CT molecular complexity index is 235. The van der Waals surface area contributed by atoms with Gasteiger partial charge >= 0.3 is 0 Å². The zero-order valence-electron chi connectivity index (χ0n) is 6.24. The molecule has 0 N–H and O–H groups in total. The van der Waals surface area contributed by atoms with Crippen LogP contribution in [0.2, 0.25) is 0 Å². The Balaban J connectivity index is 2.42. The van der Waals surface area contributed by atoms with E-state index in [1.165, 1.54) is 0 Å².